The molecule has 0 amide bonds. The van der Waals surface area contributed by atoms with Gasteiger partial charge in [-0.1, -0.05) is 6.92 Å². The number of halogens is 2. The van der Waals surface area contributed by atoms with Gasteiger partial charge in [0.05, 0.1) is 0 Å². The molecule has 1 spiro atoms. The third-order valence-electron chi connectivity index (χ3n) is 6.32. The predicted octanol–water partition coefficient (Wildman–Crippen LogP) is 3.46. The lowest BCUT2D eigenvalue weighted by molar-refractivity contribution is 0.114. The highest BCUT2D eigenvalue weighted by atomic mass is 35.5. The Morgan fingerprint density at radius 3 is 2.39 bits per heavy atom. The number of hydrogen-bond acceptors (Lipinski definition) is 3. The zero-order chi connectivity index (χ0) is 14.5. The summed E-state index contributed by atoms with van der Waals surface area (Å²) in [6.07, 6.45) is 11.4. The minimum Gasteiger partial charge on any atom is -0.317 e. The summed E-state index contributed by atoms with van der Waals surface area (Å²) in [6, 6.07) is 0.811. The molecule has 3 aliphatic rings. The summed E-state index contributed by atoms with van der Waals surface area (Å²) in [6.45, 7) is 10.0. The third-order valence-corrected chi connectivity index (χ3v) is 6.32. The van der Waals surface area contributed by atoms with Gasteiger partial charge in [-0.2, -0.15) is 0 Å². The normalized spacial score (nSPS) is 28.3. The molecular weight excluding hydrogens is 329 g/mol. The first-order valence-electron chi connectivity index (χ1n) is 9.46. The van der Waals surface area contributed by atoms with Crippen LogP contribution in [0.15, 0.2) is 0 Å². The molecule has 2 heterocycles. The van der Waals surface area contributed by atoms with Gasteiger partial charge in [-0.05, 0) is 95.4 Å². The second-order valence-electron chi connectivity index (χ2n) is 7.89. The number of nitrogens with one attached hydrogen (secondary N) is 2. The van der Waals surface area contributed by atoms with Gasteiger partial charge in [-0.3, -0.25) is 0 Å². The van der Waals surface area contributed by atoms with Crippen molar-refractivity contribution in [3.05, 3.63) is 0 Å². The standard InChI is InChI=1S/C18H35N3.2ClH/c1-2-12-21-13-5-16(15-21)14-20-17-3-6-18(7-4-17)8-10-19-11-9-18;;/h16-17,19-20H,2-15H2,1H3;2*1H. The Bertz CT molecular complexity index is 311. The fourth-order valence-corrected chi connectivity index (χ4v) is 4.82. The molecule has 1 aliphatic carbocycles. The van der Waals surface area contributed by atoms with Gasteiger partial charge in [-0.15, -0.1) is 24.8 Å². The Labute approximate surface area is 155 Å². The summed E-state index contributed by atoms with van der Waals surface area (Å²) in [5.41, 5.74) is 0.717. The van der Waals surface area contributed by atoms with E-state index in [0.717, 1.165) is 12.0 Å². The van der Waals surface area contributed by atoms with E-state index in [4.69, 9.17) is 0 Å². The van der Waals surface area contributed by atoms with Crippen molar-refractivity contribution in [3.63, 3.8) is 0 Å². The molecule has 0 bridgehead atoms. The molecule has 1 atom stereocenters. The Morgan fingerprint density at radius 2 is 1.74 bits per heavy atom. The van der Waals surface area contributed by atoms with Gasteiger partial charge < -0.3 is 15.5 Å². The van der Waals surface area contributed by atoms with Crippen molar-refractivity contribution in [2.45, 2.75) is 64.3 Å². The maximum Gasteiger partial charge on any atom is 0.00675 e. The molecular formula is C18H37Cl2N3. The van der Waals surface area contributed by atoms with Gasteiger partial charge in [0, 0.05) is 12.6 Å². The molecule has 138 valence electrons. The highest BCUT2D eigenvalue weighted by molar-refractivity contribution is 5.85. The summed E-state index contributed by atoms with van der Waals surface area (Å²) in [5.74, 6) is 0.909. The van der Waals surface area contributed by atoms with Crippen LogP contribution in [0.2, 0.25) is 0 Å². The summed E-state index contributed by atoms with van der Waals surface area (Å²) in [5, 5.41) is 7.43. The maximum absolute atomic E-state index is 3.91. The molecule has 3 fully saturated rings. The van der Waals surface area contributed by atoms with Gasteiger partial charge in [-0.25, -0.2) is 0 Å². The molecule has 1 saturated carbocycles. The van der Waals surface area contributed by atoms with Crippen LogP contribution in [0.1, 0.15) is 58.3 Å². The molecule has 2 saturated heterocycles. The van der Waals surface area contributed by atoms with Crippen LogP contribution in [-0.2, 0) is 0 Å². The van der Waals surface area contributed by atoms with Gasteiger partial charge in [0.15, 0.2) is 0 Å². The SMILES string of the molecule is CCCN1CCC(CNC2CCC3(CCNCC3)CC2)C1.Cl.Cl. The van der Waals surface area contributed by atoms with E-state index >= 15 is 0 Å². The Morgan fingerprint density at radius 1 is 1.04 bits per heavy atom. The first kappa shape index (κ1) is 21.5. The van der Waals surface area contributed by atoms with Crippen LogP contribution in [-0.4, -0.2) is 50.2 Å². The third kappa shape index (κ3) is 6.04. The minimum absolute atomic E-state index is 0. The number of piperidine rings is 1. The van der Waals surface area contributed by atoms with Gasteiger partial charge in [0.2, 0.25) is 0 Å². The largest absolute Gasteiger partial charge is 0.317 e. The van der Waals surface area contributed by atoms with Crippen LogP contribution in [0.5, 0.6) is 0 Å². The summed E-state index contributed by atoms with van der Waals surface area (Å²) < 4.78 is 0. The molecule has 0 aromatic heterocycles. The van der Waals surface area contributed by atoms with Gasteiger partial charge >= 0.3 is 0 Å². The molecule has 23 heavy (non-hydrogen) atoms. The average molecular weight is 366 g/mol. The Balaban J connectivity index is 0.00000132. The van der Waals surface area contributed by atoms with E-state index in [2.05, 4.69) is 22.5 Å². The predicted molar refractivity (Wildman–Crippen MR) is 104 cm³/mol. The molecule has 0 aromatic carbocycles. The van der Waals surface area contributed by atoms with Crippen LogP contribution < -0.4 is 10.6 Å². The smallest absolute Gasteiger partial charge is 0.00675 e. The van der Waals surface area contributed by atoms with Crippen molar-refractivity contribution in [2.24, 2.45) is 11.3 Å². The molecule has 3 nitrogen and oxygen atoms in total. The van der Waals surface area contributed by atoms with E-state index in [-0.39, 0.29) is 24.8 Å². The fraction of sp³-hybridized carbons (Fsp3) is 1.00. The lowest BCUT2D eigenvalue weighted by Gasteiger charge is -2.43. The number of likely N-dealkylation sites (tertiary alicyclic amines) is 1. The highest BCUT2D eigenvalue weighted by Crippen LogP contribution is 2.43. The van der Waals surface area contributed by atoms with Crippen molar-refractivity contribution in [3.8, 4) is 0 Å². The monoisotopic (exact) mass is 365 g/mol. The summed E-state index contributed by atoms with van der Waals surface area (Å²) >= 11 is 0. The van der Waals surface area contributed by atoms with Crippen LogP contribution in [0.4, 0.5) is 0 Å². The topological polar surface area (TPSA) is 27.3 Å². The Hall–Kier alpha value is 0.460. The van der Waals surface area contributed by atoms with Crippen LogP contribution in [0.3, 0.4) is 0 Å². The van der Waals surface area contributed by atoms with E-state index in [0.29, 0.717) is 5.41 Å². The number of hydrogen-bond donors (Lipinski definition) is 2. The van der Waals surface area contributed by atoms with E-state index < -0.39 is 0 Å². The van der Waals surface area contributed by atoms with Crippen LogP contribution in [0.25, 0.3) is 0 Å². The van der Waals surface area contributed by atoms with Crippen LogP contribution in [0, 0.1) is 11.3 Å². The number of rotatable bonds is 5. The van der Waals surface area contributed by atoms with Crippen molar-refractivity contribution in [1.29, 1.82) is 0 Å². The van der Waals surface area contributed by atoms with Crippen molar-refractivity contribution >= 4 is 24.8 Å². The fourth-order valence-electron chi connectivity index (χ4n) is 4.82. The number of nitrogens with zero attached hydrogens (tertiary/aromatic N) is 1. The maximum atomic E-state index is 3.91. The summed E-state index contributed by atoms with van der Waals surface area (Å²) in [4.78, 5) is 2.65. The molecule has 1 unspecified atom stereocenters. The second kappa shape index (κ2) is 10.5. The first-order valence-corrected chi connectivity index (χ1v) is 9.46. The van der Waals surface area contributed by atoms with E-state index in [1.807, 2.05) is 0 Å². The van der Waals surface area contributed by atoms with Crippen molar-refractivity contribution < 1.29 is 0 Å². The molecule has 2 N–H and O–H groups in total. The van der Waals surface area contributed by atoms with E-state index in [9.17, 15) is 0 Å². The molecule has 2 aliphatic heterocycles. The van der Waals surface area contributed by atoms with Gasteiger partial charge in [0.25, 0.3) is 0 Å². The first-order chi connectivity index (χ1) is 10.3. The molecule has 0 radical (unpaired) electrons. The minimum atomic E-state index is 0. The lowest BCUT2D eigenvalue weighted by Crippen LogP contribution is -2.44. The quantitative estimate of drug-likeness (QED) is 0.780. The lowest BCUT2D eigenvalue weighted by atomic mass is 9.67. The zero-order valence-electron chi connectivity index (χ0n) is 14.8. The average Bonchev–Trinajstić information content (AvgIpc) is 2.96. The van der Waals surface area contributed by atoms with E-state index in [1.54, 1.807) is 0 Å². The zero-order valence-corrected chi connectivity index (χ0v) is 16.5. The van der Waals surface area contributed by atoms with Crippen molar-refractivity contribution in [1.82, 2.24) is 15.5 Å². The second-order valence-corrected chi connectivity index (χ2v) is 7.89. The van der Waals surface area contributed by atoms with Crippen molar-refractivity contribution in [2.75, 3.05) is 39.3 Å². The molecule has 5 heteroatoms. The van der Waals surface area contributed by atoms with Crippen LogP contribution >= 0.6 is 24.8 Å². The Kier molecular flexibility index (Phi) is 9.77. The highest BCUT2D eigenvalue weighted by Gasteiger charge is 2.36. The molecule has 0 aromatic rings. The van der Waals surface area contributed by atoms with E-state index in [1.165, 1.54) is 90.6 Å². The molecule has 3 rings (SSSR count). The summed E-state index contributed by atoms with van der Waals surface area (Å²) in [7, 11) is 0. The van der Waals surface area contributed by atoms with Gasteiger partial charge in [0.1, 0.15) is 0 Å².